The van der Waals surface area contributed by atoms with Gasteiger partial charge in [0, 0.05) is 17.3 Å². The topological polar surface area (TPSA) is 61.7 Å². The first-order valence-electron chi connectivity index (χ1n) is 9.39. The van der Waals surface area contributed by atoms with Gasteiger partial charge in [0.1, 0.15) is 5.75 Å². The predicted octanol–water partition coefficient (Wildman–Crippen LogP) is 3.82. The fourth-order valence-corrected chi connectivity index (χ4v) is 3.74. The van der Waals surface area contributed by atoms with Crippen LogP contribution in [0.1, 0.15) is 19.4 Å². The third kappa shape index (κ3) is 3.00. The zero-order chi connectivity index (χ0) is 19.0. The summed E-state index contributed by atoms with van der Waals surface area (Å²) in [7, 11) is 0. The van der Waals surface area contributed by atoms with E-state index >= 15 is 0 Å². The lowest BCUT2D eigenvalue weighted by atomic mass is 9.91. The molecule has 4 aromatic rings. The van der Waals surface area contributed by atoms with E-state index in [1.807, 2.05) is 19.9 Å². The van der Waals surface area contributed by atoms with Gasteiger partial charge >= 0.3 is 0 Å². The van der Waals surface area contributed by atoms with Crippen molar-refractivity contribution in [1.29, 1.82) is 0 Å². The molecule has 4 nitrogen and oxygen atoms in total. The molecule has 0 fully saturated rings. The maximum Gasteiger partial charge on any atom is 0.127 e. The molecule has 3 N–H and O–H groups in total. The summed E-state index contributed by atoms with van der Waals surface area (Å²) in [4.78, 5) is 0. The maximum absolute atomic E-state index is 9.54. The number of hydrogen-bond donors (Lipinski definition) is 3. The Balaban J connectivity index is 1.90. The number of aliphatic hydroxyl groups is 2. The molecule has 0 saturated heterocycles. The van der Waals surface area contributed by atoms with Gasteiger partial charge in [-0.3, -0.25) is 0 Å². The van der Waals surface area contributed by atoms with Crippen LogP contribution in [0.4, 0.5) is 0 Å². The fraction of sp³-hybridized carbons (Fsp3) is 0.304. The molecule has 0 atom stereocenters. The molecule has 140 valence electrons. The summed E-state index contributed by atoms with van der Waals surface area (Å²) >= 11 is 0. The molecule has 0 amide bonds. The first-order chi connectivity index (χ1) is 13.1. The molecule has 0 aliphatic carbocycles. The second-order valence-corrected chi connectivity index (χ2v) is 7.37. The summed E-state index contributed by atoms with van der Waals surface area (Å²) < 4.78 is 5.85. The molecule has 0 aromatic heterocycles. The van der Waals surface area contributed by atoms with E-state index in [-0.39, 0.29) is 13.2 Å². The van der Waals surface area contributed by atoms with Gasteiger partial charge in [0.15, 0.2) is 0 Å². The largest absolute Gasteiger partial charge is 0.493 e. The maximum atomic E-state index is 9.54. The van der Waals surface area contributed by atoms with Crippen LogP contribution >= 0.6 is 0 Å². The Kier molecular flexibility index (Phi) is 4.64. The zero-order valence-electron chi connectivity index (χ0n) is 15.7. The number of nitrogens with one attached hydrogen (secondary N) is 1. The molecule has 0 radical (unpaired) electrons. The molecule has 4 heteroatoms. The molecule has 0 aliphatic heterocycles. The van der Waals surface area contributed by atoms with Crippen molar-refractivity contribution in [3.05, 3.63) is 54.1 Å². The van der Waals surface area contributed by atoms with Crippen LogP contribution in [0.25, 0.3) is 32.3 Å². The molecule has 0 spiro atoms. The standard InChI is InChI=1S/C23H25NO3/c1-3-27-20-11-8-16-5-4-15-6-7-17(12-24-23(2,13-25)14-26)18-9-10-19(20)22(16)21(15)18/h4-11,24-26H,3,12-14H2,1-2H3. The summed E-state index contributed by atoms with van der Waals surface area (Å²) in [5.41, 5.74) is 0.443. The van der Waals surface area contributed by atoms with E-state index in [1.165, 1.54) is 26.9 Å². The summed E-state index contributed by atoms with van der Waals surface area (Å²) in [5.74, 6) is 0.913. The molecular weight excluding hydrogens is 338 g/mol. The predicted molar refractivity (Wildman–Crippen MR) is 111 cm³/mol. The highest BCUT2D eigenvalue weighted by molar-refractivity contribution is 6.24. The van der Waals surface area contributed by atoms with Gasteiger partial charge in [-0.25, -0.2) is 0 Å². The number of rotatable bonds is 7. The van der Waals surface area contributed by atoms with Crippen LogP contribution in [0.15, 0.2) is 48.5 Å². The lowest BCUT2D eigenvalue weighted by Gasteiger charge is -2.27. The summed E-state index contributed by atoms with van der Waals surface area (Å²) in [5, 5.41) is 29.6. The molecule has 27 heavy (non-hydrogen) atoms. The molecule has 0 heterocycles. The first-order valence-corrected chi connectivity index (χ1v) is 9.39. The highest BCUT2D eigenvalue weighted by Crippen LogP contribution is 2.39. The van der Waals surface area contributed by atoms with Crippen molar-refractivity contribution >= 4 is 32.3 Å². The van der Waals surface area contributed by atoms with Gasteiger partial charge < -0.3 is 20.3 Å². The minimum absolute atomic E-state index is 0.118. The lowest BCUT2D eigenvalue weighted by Crippen LogP contribution is -2.48. The van der Waals surface area contributed by atoms with E-state index in [2.05, 4.69) is 47.8 Å². The highest BCUT2D eigenvalue weighted by Gasteiger charge is 2.22. The Morgan fingerprint density at radius 2 is 1.44 bits per heavy atom. The minimum atomic E-state index is -0.702. The molecule has 4 rings (SSSR count). The number of aliphatic hydroxyl groups excluding tert-OH is 2. The third-order valence-electron chi connectivity index (χ3n) is 5.42. The number of hydrogen-bond acceptors (Lipinski definition) is 4. The van der Waals surface area contributed by atoms with Crippen LogP contribution < -0.4 is 10.1 Å². The normalized spacial score (nSPS) is 12.4. The zero-order valence-corrected chi connectivity index (χ0v) is 15.7. The summed E-state index contributed by atoms with van der Waals surface area (Å²) in [6.07, 6.45) is 0. The second-order valence-electron chi connectivity index (χ2n) is 7.37. The minimum Gasteiger partial charge on any atom is -0.493 e. The van der Waals surface area contributed by atoms with E-state index in [0.29, 0.717) is 13.2 Å². The van der Waals surface area contributed by atoms with Crippen LogP contribution in [0, 0.1) is 0 Å². The van der Waals surface area contributed by atoms with Crippen molar-refractivity contribution in [3.8, 4) is 5.75 Å². The smallest absolute Gasteiger partial charge is 0.127 e. The van der Waals surface area contributed by atoms with E-state index in [0.717, 1.165) is 16.7 Å². The van der Waals surface area contributed by atoms with Crippen LogP contribution in [0.3, 0.4) is 0 Å². The van der Waals surface area contributed by atoms with E-state index < -0.39 is 5.54 Å². The summed E-state index contributed by atoms with van der Waals surface area (Å²) in [6.45, 7) is 4.79. The average molecular weight is 363 g/mol. The van der Waals surface area contributed by atoms with E-state index in [9.17, 15) is 10.2 Å². The van der Waals surface area contributed by atoms with Gasteiger partial charge in [-0.05, 0) is 53.1 Å². The van der Waals surface area contributed by atoms with Crippen molar-refractivity contribution in [2.24, 2.45) is 0 Å². The van der Waals surface area contributed by atoms with Crippen LogP contribution in [0.2, 0.25) is 0 Å². The lowest BCUT2D eigenvalue weighted by molar-refractivity contribution is 0.103. The van der Waals surface area contributed by atoms with E-state index in [1.54, 1.807) is 0 Å². The van der Waals surface area contributed by atoms with Crippen molar-refractivity contribution in [2.75, 3.05) is 19.8 Å². The van der Waals surface area contributed by atoms with Crippen molar-refractivity contribution in [3.63, 3.8) is 0 Å². The molecule has 0 bridgehead atoms. The van der Waals surface area contributed by atoms with Gasteiger partial charge in [-0.15, -0.1) is 0 Å². The highest BCUT2D eigenvalue weighted by atomic mass is 16.5. The number of ether oxygens (including phenoxy) is 1. The monoisotopic (exact) mass is 363 g/mol. The molecule has 0 saturated carbocycles. The molecule has 0 aliphatic rings. The second kappa shape index (κ2) is 6.97. The Hall–Kier alpha value is -2.40. The van der Waals surface area contributed by atoms with Gasteiger partial charge in [0.2, 0.25) is 0 Å². The molecule has 0 unspecified atom stereocenters. The SMILES string of the molecule is CCOc1ccc2ccc3ccc(CNC(C)(CO)CO)c4ccc1c2c34. The quantitative estimate of drug-likeness (QED) is 0.437. The fourth-order valence-electron chi connectivity index (χ4n) is 3.74. The third-order valence-corrected chi connectivity index (χ3v) is 5.42. The molecular formula is C23H25NO3. The Bertz CT molecular complexity index is 1090. The summed E-state index contributed by atoms with van der Waals surface area (Å²) in [6, 6.07) is 17.0. The van der Waals surface area contributed by atoms with Gasteiger partial charge in [-0.2, -0.15) is 0 Å². The average Bonchev–Trinajstić information content (AvgIpc) is 2.71. The van der Waals surface area contributed by atoms with Crippen molar-refractivity contribution in [1.82, 2.24) is 5.32 Å². The Morgan fingerprint density at radius 3 is 2.11 bits per heavy atom. The van der Waals surface area contributed by atoms with E-state index in [4.69, 9.17) is 4.74 Å². The van der Waals surface area contributed by atoms with Crippen LogP contribution in [-0.2, 0) is 6.54 Å². The molecule has 4 aromatic carbocycles. The Labute approximate surface area is 158 Å². The first kappa shape index (κ1) is 18.0. The van der Waals surface area contributed by atoms with Gasteiger partial charge in [0.05, 0.1) is 25.4 Å². The van der Waals surface area contributed by atoms with Crippen molar-refractivity contribution < 1.29 is 14.9 Å². The van der Waals surface area contributed by atoms with Crippen LogP contribution in [0.5, 0.6) is 5.75 Å². The van der Waals surface area contributed by atoms with Crippen LogP contribution in [-0.4, -0.2) is 35.6 Å². The van der Waals surface area contributed by atoms with Gasteiger partial charge in [-0.1, -0.05) is 36.4 Å². The number of benzene rings is 4. The van der Waals surface area contributed by atoms with Crippen molar-refractivity contribution in [2.45, 2.75) is 25.9 Å². The van der Waals surface area contributed by atoms with Gasteiger partial charge in [0.25, 0.3) is 0 Å². The Morgan fingerprint density at radius 1 is 0.852 bits per heavy atom.